The fraction of sp³-hybridized carbons (Fsp3) is 0.0714. The van der Waals surface area contributed by atoms with Gasteiger partial charge in [0, 0.05) is 5.02 Å². The summed E-state index contributed by atoms with van der Waals surface area (Å²) in [6.45, 7) is 1.89. The van der Waals surface area contributed by atoms with Crippen molar-refractivity contribution in [2.45, 2.75) is 6.92 Å². The summed E-state index contributed by atoms with van der Waals surface area (Å²) >= 11 is 11.8. The van der Waals surface area contributed by atoms with Crippen LogP contribution in [0.5, 0.6) is 11.5 Å². The standard InChI is InChI=1S/C14H9Cl2NO/c1-9-7-10(15)5-6-13(9)18-14-4-2-3-12(16)11(14)8-17/h2-7H,1H3. The molecule has 0 aromatic heterocycles. The number of ether oxygens (including phenoxy) is 1. The third-order valence-corrected chi connectivity index (χ3v) is 2.99. The molecule has 0 aliphatic carbocycles. The van der Waals surface area contributed by atoms with E-state index in [1.807, 2.05) is 13.0 Å². The van der Waals surface area contributed by atoms with Gasteiger partial charge in [0.15, 0.2) is 0 Å². The average Bonchev–Trinajstić information content (AvgIpc) is 2.33. The normalized spacial score (nSPS) is 9.89. The molecule has 0 N–H and O–H groups in total. The molecule has 0 fully saturated rings. The van der Waals surface area contributed by atoms with E-state index in [2.05, 4.69) is 0 Å². The molecular weight excluding hydrogens is 269 g/mol. The van der Waals surface area contributed by atoms with E-state index in [9.17, 15) is 0 Å². The molecule has 4 heteroatoms. The van der Waals surface area contributed by atoms with Crippen molar-refractivity contribution in [3.05, 3.63) is 57.6 Å². The van der Waals surface area contributed by atoms with E-state index in [0.29, 0.717) is 27.1 Å². The summed E-state index contributed by atoms with van der Waals surface area (Å²) in [6.07, 6.45) is 0. The number of halogens is 2. The molecule has 2 aromatic carbocycles. The van der Waals surface area contributed by atoms with Gasteiger partial charge in [0.05, 0.1) is 5.02 Å². The third kappa shape index (κ3) is 2.59. The summed E-state index contributed by atoms with van der Waals surface area (Å²) in [4.78, 5) is 0. The second-order valence-corrected chi connectivity index (χ2v) is 4.58. The second kappa shape index (κ2) is 5.30. The van der Waals surface area contributed by atoms with Crippen molar-refractivity contribution in [1.82, 2.24) is 0 Å². The Kier molecular flexibility index (Phi) is 3.76. The first-order chi connectivity index (χ1) is 8.61. The van der Waals surface area contributed by atoms with Crippen LogP contribution < -0.4 is 4.74 Å². The van der Waals surface area contributed by atoms with Gasteiger partial charge in [0.2, 0.25) is 0 Å². The van der Waals surface area contributed by atoms with Gasteiger partial charge in [-0.05, 0) is 42.8 Å². The molecule has 0 heterocycles. The molecule has 2 rings (SSSR count). The molecule has 18 heavy (non-hydrogen) atoms. The predicted molar refractivity (Wildman–Crippen MR) is 72.4 cm³/mol. The fourth-order valence-corrected chi connectivity index (χ4v) is 1.98. The molecule has 0 saturated heterocycles. The maximum atomic E-state index is 9.06. The van der Waals surface area contributed by atoms with E-state index in [0.717, 1.165) is 5.56 Å². The van der Waals surface area contributed by atoms with E-state index in [4.69, 9.17) is 33.2 Å². The maximum absolute atomic E-state index is 9.06. The Hall–Kier alpha value is -1.69. The minimum Gasteiger partial charge on any atom is -0.456 e. The molecule has 2 nitrogen and oxygen atoms in total. The van der Waals surface area contributed by atoms with Gasteiger partial charge in [-0.25, -0.2) is 0 Å². The van der Waals surface area contributed by atoms with Gasteiger partial charge in [-0.2, -0.15) is 5.26 Å². The zero-order valence-corrected chi connectivity index (χ0v) is 11.1. The Balaban J connectivity index is 2.41. The Bertz CT molecular complexity index is 632. The topological polar surface area (TPSA) is 33.0 Å². The van der Waals surface area contributed by atoms with Crippen LogP contribution >= 0.6 is 23.2 Å². The lowest BCUT2D eigenvalue weighted by Gasteiger charge is -2.10. The van der Waals surface area contributed by atoms with Crippen LogP contribution in [0.4, 0.5) is 0 Å². The highest BCUT2D eigenvalue weighted by atomic mass is 35.5. The zero-order chi connectivity index (χ0) is 13.1. The van der Waals surface area contributed by atoms with Crippen molar-refractivity contribution in [3.63, 3.8) is 0 Å². The third-order valence-electron chi connectivity index (χ3n) is 2.44. The Morgan fingerprint density at radius 3 is 2.56 bits per heavy atom. The first kappa shape index (κ1) is 12.8. The molecule has 0 bridgehead atoms. The van der Waals surface area contributed by atoms with Gasteiger partial charge in [0.1, 0.15) is 23.1 Å². The van der Waals surface area contributed by atoms with Gasteiger partial charge in [0.25, 0.3) is 0 Å². The maximum Gasteiger partial charge on any atom is 0.146 e. The highest BCUT2D eigenvalue weighted by Crippen LogP contribution is 2.32. The minimum absolute atomic E-state index is 0.327. The first-order valence-electron chi connectivity index (χ1n) is 5.24. The number of aryl methyl sites for hydroxylation is 1. The van der Waals surface area contributed by atoms with Crippen molar-refractivity contribution in [2.24, 2.45) is 0 Å². The van der Waals surface area contributed by atoms with Crippen molar-refractivity contribution in [3.8, 4) is 17.6 Å². The summed E-state index contributed by atoms with van der Waals surface area (Å²) in [5, 5.41) is 10.1. The summed E-state index contributed by atoms with van der Waals surface area (Å²) in [6, 6.07) is 12.4. The summed E-state index contributed by atoms with van der Waals surface area (Å²) < 4.78 is 5.70. The quantitative estimate of drug-likeness (QED) is 0.777. The molecule has 0 saturated carbocycles. The molecule has 0 radical (unpaired) electrons. The number of benzene rings is 2. The Labute approximate surface area is 115 Å². The number of nitriles is 1. The minimum atomic E-state index is 0.327. The fourth-order valence-electron chi connectivity index (χ4n) is 1.54. The van der Waals surface area contributed by atoms with E-state index >= 15 is 0 Å². The zero-order valence-electron chi connectivity index (χ0n) is 9.58. The monoisotopic (exact) mass is 277 g/mol. The number of rotatable bonds is 2. The van der Waals surface area contributed by atoms with Crippen LogP contribution in [-0.4, -0.2) is 0 Å². The lowest BCUT2D eigenvalue weighted by Crippen LogP contribution is -1.91. The molecule has 0 amide bonds. The van der Waals surface area contributed by atoms with E-state index in [1.165, 1.54) is 0 Å². The van der Waals surface area contributed by atoms with Crippen molar-refractivity contribution in [2.75, 3.05) is 0 Å². The highest BCUT2D eigenvalue weighted by molar-refractivity contribution is 6.32. The predicted octanol–water partition coefficient (Wildman–Crippen LogP) is 4.97. The highest BCUT2D eigenvalue weighted by Gasteiger charge is 2.09. The molecular formula is C14H9Cl2NO. The largest absolute Gasteiger partial charge is 0.456 e. The van der Waals surface area contributed by atoms with E-state index in [1.54, 1.807) is 36.4 Å². The molecule has 0 unspecified atom stereocenters. The molecule has 0 aliphatic heterocycles. The summed E-state index contributed by atoms with van der Waals surface area (Å²) in [5.41, 5.74) is 1.22. The van der Waals surface area contributed by atoms with Crippen LogP contribution in [0.1, 0.15) is 11.1 Å². The smallest absolute Gasteiger partial charge is 0.146 e. The van der Waals surface area contributed by atoms with Gasteiger partial charge in [-0.1, -0.05) is 29.3 Å². The average molecular weight is 278 g/mol. The first-order valence-corrected chi connectivity index (χ1v) is 6.00. The van der Waals surface area contributed by atoms with Gasteiger partial charge < -0.3 is 4.74 Å². The molecule has 90 valence electrons. The summed E-state index contributed by atoms with van der Waals surface area (Å²) in [5.74, 6) is 1.09. The van der Waals surface area contributed by atoms with Crippen LogP contribution in [0, 0.1) is 18.3 Å². The van der Waals surface area contributed by atoms with E-state index in [-0.39, 0.29) is 0 Å². The van der Waals surface area contributed by atoms with Crippen LogP contribution in [0.3, 0.4) is 0 Å². The van der Waals surface area contributed by atoms with Gasteiger partial charge >= 0.3 is 0 Å². The number of hydrogen-bond donors (Lipinski definition) is 0. The Morgan fingerprint density at radius 1 is 1.11 bits per heavy atom. The van der Waals surface area contributed by atoms with E-state index < -0.39 is 0 Å². The van der Waals surface area contributed by atoms with Gasteiger partial charge in [-0.3, -0.25) is 0 Å². The van der Waals surface area contributed by atoms with Crippen LogP contribution in [0.25, 0.3) is 0 Å². The molecule has 0 spiro atoms. The Morgan fingerprint density at radius 2 is 1.89 bits per heavy atom. The van der Waals surface area contributed by atoms with Crippen LogP contribution in [-0.2, 0) is 0 Å². The lowest BCUT2D eigenvalue weighted by atomic mass is 10.2. The number of hydrogen-bond acceptors (Lipinski definition) is 2. The van der Waals surface area contributed by atoms with Crippen molar-refractivity contribution >= 4 is 23.2 Å². The SMILES string of the molecule is Cc1cc(Cl)ccc1Oc1cccc(Cl)c1C#N. The lowest BCUT2D eigenvalue weighted by molar-refractivity contribution is 0.477. The van der Waals surface area contributed by atoms with Crippen LogP contribution in [0.2, 0.25) is 10.0 Å². The van der Waals surface area contributed by atoms with Crippen molar-refractivity contribution < 1.29 is 4.74 Å². The van der Waals surface area contributed by atoms with Gasteiger partial charge in [-0.15, -0.1) is 0 Å². The summed E-state index contributed by atoms with van der Waals surface area (Å²) in [7, 11) is 0. The molecule has 0 aliphatic rings. The van der Waals surface area contributed by atoms with Crippen molar-refractivity contribution in [1.29, 1.82) is 5.26 Å². The second-order valence-electron chi connectivity index (χ2n) is 3.74. The van der Waals surface area contributed by atoms with Crippen LogP contribution in [0.15, 0.2) is 36.4 Å². The molecule has 0 atom stereocenters. The number of nitrogens with zero attached hydrogens (tertiary/aromatic N) is 1. The molecule has 2 aromatic rings.